The molecule has 64 valence electrons. The molecule has 1 nitrogen and oxygen atoms in total. The van der Waals surface area contributed by atoms with E-state index in [0.717, 1.165) is 25.6 Å². The Hall–Kier alpha value is 0.0249. The molecule has 0 aliphatic rings. The third-order valence-corrected chi connectivity index (χ3v) is 2.49. The number of hydrogen-bond acceptors (Lipinski definition) is 1. The van der Waals surface area contributed by atoms with E-state index in [9.17, 15) is 0 Å². The van der Waals surface area contributed by atoms with Gasteiger partial charge in [-0.1, -0.05) is 33.0 Å². The molecule has 2 heteroatoms. The first-order valence-corrected chi connectivity index (χ1v) is 4.49. The normalized spacial score (nSPS) is 16.8. The van der Waals surface area contributed by atoms with E-state index in [1.54, 1.807) is 0 Å². The number of hydrogen-bond donors (Lipinski definition) is 1. The van der Waals surface area contributed by atoms with Crippen LogP contribution in [0.15, 0.2) is 0 Å². The molecule has 0 aromatic carbocycles. The molecule has 2 radical (unpaired) electrons. The van der Waals surface area contributed by atoms with Crippen molar-refractivity contribution in [3.8, 4) is 0 Å². The molecule has 1 unspecified atom stereocenters. The first kappa shape index (κ1) is 11.0. The van der Waals surface area contributed by atoms with E-state index in [1.807, 2.05) is 0 Å². The molecule has 0 saturated heterocycles. The standard InChI is InChI=1S/C9H20BN/c1-8(2)9(3,11)6-4-5-7-10/h8H,4-7,11H2,1-3H3. The third kappa shape index (κ3) is 4.46. The van der Waals surface area contributed by atoms with Crippen LogP contribution in [0, 0.1) is 5.92 Å². The summed E-state index contributed by atoms with van der Waals surface area (Å²) >= 11 is 0. The fourth-order valence-electron chi connectivity index (χ4n) is 0.939. The Morgan fingerprint density at radius 3 is 2.27 bits per heavy atom. The average Bonchev–Trinajstić information content (AvgIpc) is 1.88. The Bertz CT molecular complexity index is 99.7. The summed E-state index contributed by atoms with van der Waals surface area (Å²) in [5.41, 5.74) is 6.05. The summed E-state index contributed by atoms with van der Waals surface area (Å²) < 4.78 is 0. The highest BCUT2D eigenvalue weighted by Gasteiger charge is 2.21. The Balaban J connectivity index is 3.55. The van der Waals surface area contributed by atoms with Crippen molar-refractivity contribution in [3.63, 3.8) is 0 Å². The minimum Gasteiger partial charge on any atom is -0.325 e. The molecule has 0 saturated carbocycles. The van der Waals surface area contributed by atoms with E-state index < -0.39 is 0 Å². The van der Waals surface area contributed by atoms with Gasteiger partial charge in [-0.2, -0.15) is 0 Å². The average molecular weight is 153 g/mol. The van der Waals surface area contributed by atoms with Crippen LogP contribution in [0.3, 0.4) is 0 Å². The van der Waals surface area contributed by atoms with Crippen molar-refractivity contribution in [2.45, 2.75) is 51.9 Å². The van der Waals surface area contributed by atoms with Crippen LogP contribution in [0.5, 0.6) is 0 Å². The van der Waals surface area contributed by atoms with Gasteiger partial charge in [0, 0.05) is 5.54 Å². The second-order valence-electron chi connectivity index (χ2n) is 3.91. The number of rotatable bonds is 5. The molecule has 0 rings (SSSR count). The predicted octanol–water partition coefficient (Wildman–Crippen LogP) is 2.12. The van der Waals surface area contributed by atoms with Crippen molar-refractivity contribution in [1.82, 2.24) is 0 Å². The monoisotopic (exact) mass is 153 g/mol. The summed E-state index contributed by atoms with van der Waals surface area (Å²) in [5, 5.41) is 0. The quantitative estimate of drug-likeness (QED) is 0.475. The van der Waals surface area contributed by atoms with Crippen LogP contribution < -0.4 is 5.73 Å². The van der Waals surface area contributed by atoms with Gasteiger partial charge in [0.2, 0.25) is 0 Å². The lowest BCUT2D eigenvalue weighted by molar-refractivity contribution is 0.309. The van der Waals surface area contributed by atoms with Gasteiger partial charge in [0.15, 0.2) is 0 Å². The third-order valence-electron chi connectivity index (χ3n) is 2.49. The maximum absolute atomic E-state index is 6.06. The minimum atomic E-state index is -0.00479. The molecule has 0 spiro atoms. The molecular formula is C9H20BN. The molecule has 0 amide bonds. The fraction of sp³-hybridized carbons (Fsp3) is 1.00. The summed E-state index contributed by atoms with van der Waals surface area (Å²) in [5.74, 6) is 0.556. The topological polar surface area (TPSA) is 26.0 Å². The molecule has 0 aromatic heterocycles. The zero-order valence-electron chi connectivity index (χ0n) is 8.06. The zero-order valence-corrected chi connectivity index (χ0v) is 8.06. The molecule has 2 N–H and O–H groups in total. The van der Waals surface area contributed by atoms with Gasteiger partial charge in [-0.05, 0) is 19.3 Å². The summed E-state index contributed by atoms with van der Waals surface area (Å²) in [6.07, 6.45) is 4.12. The van der Waals surface area contributed by atoms with Crippen molar-refractivity contribution in [2.24, 2.45) is 11.7 Å². The molecule has 0 bridgehead atoms. The van der Waals surface area contributed by atoms with E-state index in [4.69, 9.17) is 13.6 Å². The number of nitrogens with two attached hydrogens (primary N) is 1. The van der Waals surface area contributed by atoms with Crippen LogP contribution in [0.2, 0.25) is 6.32 Å². The Kier molecular flexibility index (Phi) is 4.82. The van der Waals surface area contributed by atoms with Gasteiger partial charge in [-0.3, -0.25) is 0 Å². The smallest absolute Gasteiger partial charge is 0.0653 e. The molecule has 11 heavy (non-hydrogen) atoms. The lowest BCUT2D eigenvalue weighted by Crippen LogP contribution is -2.41. The van der Waals surface area contributed by atoms with Crippen molar-refractivity contribution < 1.29 is 0 Å². The second kappa shape index (κ2) is 4.81. The minimum absolute atomic E-state index is 0.00479. The predicted molar refractivity (Wildman–Crippen MR) is 51.8 cm³/mol. The zero-order chi connectivity index (χ0) is 8.91. The summed E-state index contributed by atoms with van der Waals surface area (Å²) in [7, 11) is 5.39. The molecule has 0 heterocycles. The molecule has 0 aromatic rings. The highest BCUT2D eigenvalue weighted by molar-refractivity contribution is 6.08. The van der Waals surface area contributed by atoms with Crippen LogP contribution in [0.1, 0.15) is 40.0 Å². The molecular weight excluding hydrogens is 133 g/mol. The Labute approximate surface area is 72.2 Å². The highest BCUT2D eigenvalue weighted by atomic mass is 14.7. The highest BCUT2D eigenvalue weighted by Crippen LogP contribution is 2.20. The molecule has 0 aliphatic heterocycles. The lowest BCUT2D eigenvalue weighted by Gasteiger charge is -2.29. The Morgan fingerprint density at radius 2 is 1.91 bits per heavy atom. The van der Waals surface area contributed by atoms with Gasteiger partial charge in [0.05, 0.1) is 7.85 Å². The first-order valence-electron chi connectivity index (χ1n) is 4.49. The summed E-state index contributed by atoms with van der Waals surface area (Å²) in [6, 6.07) is 0. The van der Waals surface area contributed by atoms with Gasteiger partial charge in [0.25, 0.3) is 0 Å². The van der Waals surface area contributed by atoms with Crippen LogP contribution in [0.25, 0.3) is 0 Å². The van der Waals surface area contributed by atoms with Crippen molar-refractivity contribution in [2.75, 3.05) is 0 Å². The first-order chi connectivity index (χ1) is 5.00. The molecule has 1 atom stereocenters. The van der Waals surface area contributed by atoms with Crippen molar-refractivity contribution in [1.29, 1.82) is 0 Å². The van der Waals surface area contributed by atoms with Gasteiger partial charge in [-0.25, -0.2) is 0 Å². The van der Waals surface area contributed by atoms with Crippen LogP contribution in [-0.2, 0) is 0 Å². The van der Waals surface area contributed by atoms with Gasteiger partial charge < -0.3 is 5.73 Å². The van der Waals surface area contributed by atoms with Gasteiger partial charge in [0.1, 0.15) is 0 Å². The lowest BCUT2D eigenvalue weighted by atomic mass is 9.84. The summed E-state index contributed by atoms with van der Waals surface area (Å²) in [4.78, 5) is 0. The molecule has 0 aliphatic carbocycles. The fourth-order valence-corrected chi connectivity index (χ4v) is 0.939. The Morgan fingerprint density at radius 1 is 1.36 bits per heavy atom. The van der Waals surface area contributed by atoms with E-state index in [2.05, 4.69) is 20.8 Å². The maximum atomic E-state index is 6.06. The van der Waals surface area contributed by atoms with Crippen molar-refractivity contribution >= 4 is 7.85 Å². The van der Waals surface area contributed by atoms with Gasteiger partial charge >= 0.3 is 0 Å². The molecule has 0 fully saturated rings. The van der Waals surface area contributed by atoms with E-state index in [1.165, 1.54) is 0 Å². The SMILES string of the molecule is [B]CCCCC(C)(N)C(C)C. The van der Waals surface area contributed by atoms with E-state index >= 15 is 0 Å². The second-order valence-corrected chi connectivity index (χ2v) is 3.91. The van der Waals surface area contributed by atoms with Gasteiger partial charge in [-0.15, -0.1) is 0 Å². The van der Waals surface area contributed by atoms with E-state index in [-0.39, 0.29) is 5.54 Å². The summed E-state index contributed by atoms with van der Waals surface area (Å²) in [6.45, 7) is 6.46. The van der Waals surface area contributed by atoms with Crippen LogP contribution >= 0.6 is 0 Å². The largest absolute Gasteiger partial charge is 0.325 e. The van der Waals surface area contributed by atoms with Crippen LogP contribution in [-0.4, -0.2) is 13.4 Å². The van der Waals surface area contributed by atoms with Crippen LogP contribution in [0.4, 0.5) is 0 Å². The maximum Gasteiger partial charge on any atom is 0.0653 e. The van der Waals surface area contributed by atoms with E-state index in [0.29, 0.717) is 5.92 Å². The number of unbranched alkanes of at least 4 members (excludes halogenated alkanes) is 1. The van der Waals surface area contributed by atoms with Crippen molar-refractivity contribution in [3.05, 3.63) is 0 Å².